The molecular weight excluding hydrogens is 184 g/mol. The molecule has 0 fully saturated rings. The van der Waals surface area contributed by atoms with Crippen molar-refractivity contribution >= 4 is 5.69 Å². The van der Waals surface area contributed by atoms with Crippen molar-refractivity contribution < 1.29 is 0 Å². The van der Waals surface area contributed by atoms with Crippen LogP contribution in [0.25, 0.3) is 0 Å². The molecular formula is C13H16N2. The number of anilines is 1. The highest BCUT2D eigenvalue weighted by atomic mass is 14.9. The fraction of sp³-hybridized carbons (Fsp3) is 0.308. The third-order valence-corrected chi connectivity index (χ3v) is 2.28. The molecule has 1 N–H and O–H groups in total. The molecule has 0 aromatic heterocycles. The Morgan fingerprint density at radius 1 is 1.40 bits per heavy atom. The van der Waals surface area contributed by atoms with E-state index in [1.54, 1.807) is 0 Å². The summed E-state index contributed by atoms with van der Waals surface area (Å²) in [5.74, 6) is 0. The molecule has 1 aromatic carbocycles. The second-order valence-electron chi connectivity index (χ2n) is 3.49. The van der Waals surface area contributed by atoms with Gasteiger partial charge in [0.15, 0.2) is 0 Å². The van der Waals surface area contributed by atoms with E-state index in [1.807, 2.05) is 24.3 Å². The molecule has 0 unspecified atom stereocenters. The smallest absolute Gasteiger partial charge is 0.0669 e. The van der Waals surface area contributed by atoms with Crippen LogP contribution in [-0.2, 0) is 6.42 Å². The van der Waals surface area contributed by atoms with E-state index in [9.17, 15) is 0 Å². The molecule has 2 nitrogen and oxygen atoms in total. The van der Waals surface area contributed by atoms with Gasteiger partial charge in [0.05, 0.1) is 12.5 Å². The normalized spacial score (nSPS) is 9.33. The van der Waals surface area contributed by atoms with Crippen molar-refractivity contribution in [1.82, 2.24) is 0 Å². The van der Waals surface area contributed by atoms with Crippen LogP contribution in [0.2, 0.25) is 0 Å². The zero-order valence-corrected chi connectivity index (χ0v) is 9.09. The Kier molecular flexibility index (Phi) is 4.43. The van der Waals surface area contributed by atoms with E-state index in [4.69, 9.17) is 5.26 Å². The molecule has 1 rings (SSSR count). The predicted molar refractivity (Wildman–Crippen MR) is 63.7 cm³/mol. The maximum absolute atomic E-state index is 8.52. The zero-order valence-electron chi connectivity index (χ0n) is 9.09. The van der Waals surface area contributed by atoms with Crippen molar-refractivity contribution in [3.8, 4) is 6.07 Å². The highest BCUT2D eigenvalue weighted by Gasteiger charge is 1.94. The van der Waals surface area contributed by atoms with Crippen LogP contribution in [0.15, 0.2) is 36.4 Å². The minimum atomic E-state index is 0.474. The number of hydrogen-bond acceptors (Lipinski definition) is 2. The van der Waals surface area contributed by atoms with Gasteiger partial charge in [0.2, 0.25) is 0 Å². The Morgan fingerprint density at radius 3 is 2.60 bits per heavy atom. The molecule has 0 radical (unpaired) electrons. The number of nitrogens with zero attached hydrogens (tertiary/aromatic N) is 1. The Hall–Kier alpha value is -1.75. The van der Waals surface area contributed by atoms with E-state index < -0.39 is 0 Å². The van der Waals surface area contributed by atoms with Gasteiger partial charge < -0.3 is 5.32 Å². The quantitative estimate of drug-likeness (QED) is 0.741. The van der Waals surface area contributed by atoms with Gasteiger partial charge in [0.25, 0.3) is 0 Å². The van der Waals surface area contributed by atoms with Crippen molar-refractivity contribution in [2.45, 2.75) is 19.8 Å². The molecule has 0 aliphatic carbocycles. The van der Waals surface area contributed by atoms with E-state index in [0.717, 1.165) is 24.2 Å². The summed E-state index contributed by atoms with van der Waals surface area (Å²) in [6, 6.07) is 10.1. The van der Waals surface area contributed by atoms with Gasteiger partial charge in [-0.2, -0.15) is 5.26 Å². The molecule has 0 atom stereocenters. The average molecular weight is 200 g/mol. The van der Waals surface area contributed by atoms with Gasteiger partial charge >= 0.3 is 0 Å². The van der Waals surface area contributed by atoms with Crippen molar-refractivity contribution in [1.29, 1.82) is 5.26 Å². The fourth-order valence-corrected chi connectivity index (χ4v) is 1.18. The van der Waals surface area contributed by atoms with Crippen LogP contribution in [0.5, 0.6) is 0 Å². The number of nitrogens with one attached hydrogen (secondary N) is 1. The largest absolute Gasteiger partial charge is 0.381 e. The van der Waals surface area contributed by atoms with Gasteiger partial charge in [-0.25, -0.2) is 0 Å². The summed E-state index contributed by atoms with van der Waals surface area (Å²) < 4.78 is 0. The summed E-state index contributed by atoms with van der Waals surface area (Å²) >= 11 is 0. The number of nitriles is 1. The van der Waals surface area contributed by atoms with Crippen LogP contribution in [0.1, 0.15) is 18.9 Å². The number of hydrogen-bond donors (Lipinski definition) is 1. The lowest BCUT2D eigenvalue weighted by Crippen LogP contribution is -2.03. The second kappa shape index (κ2) is 5.87. The topological polar surface area (TPSA) is 35.8 Å². The summed E-state index contributed by atoms with van der Waals surface area (Å²) in [4.78, 5) is 0. The molecule has 78 valence electrons. The minimum Gasteiger partial charge on any atom is -0.381 e. The molecule has 0 amide bonds. The molecule has 15 heavy (non-hydrogen) atoms. The first-order valence-electron chi connectivity index (χ1n) is 5.12. The Balaban J connectivity index is 2.50. The molecule has 0 heterocycles. The van der Waals surface area contributed by atoms with E-state index in [2.05, 4.69) is 24.9 Å². The Bertz CT molecular complexity index is 357. The van der Waals surface area contributed by atoms with Gasteiger partial charge in [-0.1, -0.05) is 31.2 Å². The monoisotopic (exact) mass is 200 g/mol. The van der Waals surface area contributed by atoms with Crippen molar-refractivity contribution in [2.24, 2.45) is 0 Å². The van der Waals surface area contributed by atoms with Crippen molar-refractivity contribution in [2.75, 3.05) is 11.9 Å². The maximum atomic E-state index is 8.52. The molecule has 0 spiro atoms. The third-order valence-electron chi connectivity index (χ3n) is 2.28. The average Bonchev–Trinajstić information content (AvgIpc) is 2.28. The molecule has 0 aliphatic heterocycles. The van der Waals surface area contributed by atoms with Crippen LogP contribution >= 0.6 is 0 Å². The van der Waals surface area contributed by atoms with Gasteiger partial charge in [0.1, 0.15) is 0 Å². The molecule has 0 saturated carbocycles. The summed E-state index contributed by atoms with van der Waals surface area (Å²) in [5.41, 5.74) is 3.32. The summed E-state index contributed by atoms with van der Waals surface area (Å²) in [5, 5.41) is 11.8. The van der Waals surface area contributed by atoms with Gasteiger partial charge in [-0.3, -0.25) is 0 Å². The van der Waals surface area contributed by atoms with Crippen LogP contribution in [0.3, 0.4) is 0 Å². The SMILES string of the molecule is C=C(CC)CNc1ccc(CC#N)cc1. The van der Waals surface area contributed by atoms with Crippen LogP contribution in [0.4, 0.5) is 5.69 Å². The highest BCUT2D eigenvalue weighted by Crippen LogP contribution is 2.10. The van der Waals surface area contributed by atoms with Crippen LogP contribution in [-0.4, -0.2) is 6.54 Å². The van der Waals surface area contributed by atoms with Crippen molar-refractivity contribution in [3.63, 3.8) is 0 Å². The first kappa shape index (κ1) is 11.3. The Labute approximate surface area is 91.2 Å². The highest BCUT2D eigenvalue weighted by molar-refractivity contribution is 5.45. The molecule has 2 heteroatoms. The van der Waals surface area contributed by atoms with E-state index in [1.165, 1.54) is 5.57 Å². The molecule has 0 bridgehead atoms. The summed E-state index contributed by atoms with van der Waals surface area (Å²) in [6.45, 7) is 6.84. The predicted octanol–water partition coefficient (Wildman–Crippen LogP) is 3.13. The van der Waals surface area contributed by atoms with Gasteiger partial charge in [-0.05, 0) is 24.1 Å². The first-order chi connectivity index (χ1) is 7.26. The lowest BCUT2D eigenvalue weighted by atomic mass is 10.1. The van der Waals surface area contributed by atoms with Crippen LogP contribution < -0.4 is 5.32 Å². The first-order valence-corrected chi connectivity index (χ1v) is 5.12. The summed E-state index contributed by atoms with van der Waals surface area (Å²) in [7, 11) is 0. The minimum absolute atomic E-state index is 0.474. The standard InChI is InChI=1S/C13H16N2/c1-3-11(2)10-15-13-6-4-12(5-7-13)8-9-14/h4-7,15H,2-3,8,10H2,1H3. The molecule has 0 aliphatic rings. The lowest BCUT2D eigenvalue weighted by molar-refractivity contribution is 1.05. The second-order valence-corrected chi connectivity index (χ2v) is 3.49. The van der Waals surface area contributed by atoms with E-state index in [-0.39, 0.29) is 0 Å². The maximum Gasteiger partial charge on any atom is 0.0669 e. The lowest BCUT2D eigenvalue weighted by Gasteiger charge is -2.07. The number of rotatable bonds is 5. The van der Waals surface area contributed by atoms with Crippen LogP contribution in [0, 0.1) is 11.3 Å². The van der Waals surface area contributed by atoms with E-state index in [0.29, 0.717) is 6.42 Å². The zero-order chi connectivity index (χ0) is 11.1. The van der Waals surface area contributed by atoms with E-state index >= 15 is 0 Å². The molecule has 0 saturated heterocycles. The third kappa shape index (κ3) is 3.86. The number of benzene rings is 1. The molecule has 1 aromatic rings. The fourth-order valence-electron chi connectivity index (χ4n) is 1.18. The van der Waals surface area contributed by atoms with Crippen molar-refractivity contribution in [3.05, 3.63) is 42.0 Å². The van der Waals surface area contributed by atoms with Gasteiger partial charge in [-0.15, -0.1) is 0 Å². The van der Waals surface area contributed by atoms with Gasteiger partial charge in [0, 0.05) is 12.2 Å². The summed E-state index contributed by atoms with van der Waals surface area (Å²) in [6.07, 6.45) is 1.47. The Morgan fingerprint density at radius 2 is 2.07 bits per heavy atom.